The van der Waals surface area contributed by atoms with Crippen molar-refractivity contribution in [2.45, 2.75) is 19.4 Å². The number of hydrogen-bond donors (Lipinski definition) is 2. The van der Waals surface area contributed by atoms with Crippen LogP contribution in [0.2, 0.25) is 0 Å². The number of amides is 1. The van der Waals surface area contributed by atoms with Crippen LogP contribution >= 0.6 is 0 Å². The van der Waals surface area contributed by atoms with Crippen LogP contribution in [0.25, 0.3) is 0 Å². The van der Waals surface area contributed by atoms with Crippen molar-refractivity contribution in [1.82, 2.24) is 9.88 Å². The number of aryl methyl sites for hydroxylation is 1. The molecule has 1 aromatic heterocycles. The molecule has 6 heteroatoms. The summed E-state index contributed by atoms with van der Waals surface area (Å²) in [5, 5.41) is 13.1. The summed E-state index contributed by atoms with van der Waals surface area (Å²) in [5.74, 6) is -0.922. The lowest BCUT2D eigenvalue weighted by Crippen LogP contribution is -2.39. The van der Waals surface area contributed by atoms with Crippen molar-refractivity contribution < 1.29 is 19.1 Å². The number of ketones is 1. The first-order chi connectivity index (χ1) is 10.7. The number of benzene rings is 1. The third-order valence-electron chi connectivity index (χ3n) is 3.70. The summed E-state index contributed by atoms with van der Waals surface area (Å²) in [7, 11) is 1.67. The minimum atomic E-state index is -1.34. The number of nitrogens with one attached hydrogen (secondary N) is 1. The van der Waals surface area contributed by atoms with E-state index in [1.54, 1.807) is 17.8 Å². The third-order valence-corrected chi connectivity index (χ3v) is 3.70. The fraction of sp³-hybridized carbons (Fsp3) is 0.294. The topological polar surface area (TPSA) is 71.3 Å². The molecule has 0 fully saturated rings. The Morgan fingerprint density at radius 3 is 2.43 bits per heavy atom. The number of Topliss-reactive ketones (excluding diaryl/α,β-unsaturated/α-hetero) is 1. The second-order valence-electron chi connectivity index (χ2n) is 5.74. The van der Waals surface area contributed by atoms with Gasteiger partial charge >= 0.3 is 0 Å². The molecule has 1 aromatic carbocycles. The zero-order chi connectivity index (χ0) is 17.2. The molecule has 1 heterocycles. The molecule has 1 atom stereocenters. The van der Waals surface area contributed by atoms with Crippen LogP contribution in [0.4, 0.5) is 4.39 Å². The fourth-order valence-corrected chi connectivity index (χ4v) is 2.24. The Morgan fingerprint density at radius 2 is 1.91 bits per heavy atom. The first kappa shape index (κ1) is 16.9. The molecule has 23 heavy (non-hydrogen) atoms. The van der Waals surface area contributed by atoms with E-state index in [2.05, 4.69) is 5.32 Å². The summed E-state index contributed by atoms with van der Waals surface area (Å²) < 4.78 is 14.5. The first-order valence-corrected chi connectivity index (χ1v) is 7.14. The van der Waals surface area contributed by atoms with E-state index in [1.807, 2.05) is 0 Å². The summed E-state index contributed by atoms with van der Waals surface area (Å²) in [6, 6.07) is 6.95. The molecular weight excluding hydrogens is 299 g/mol. The van der Waals surface area contributed by atoms with Crippen LogP contribution < -0.4 is 5.32 Å². The predicted molar refractivity (Wildman–Crippen MR) is 83.7 cm³/mol. The Balaban J connectivity index is 2.09. The Morgan fingerprint density at radius 1 is 1.30 bits per heavy atom. The zero-order valence-electron chi connectivity index (χ0n) is 13.3. The molecule has 0 aliphatic heterocycles. The Hall–Kier alpha value is -2.47. The van der Waals surface area contributed by atoms with Gasteiger partial charge < -0.3 is 15.0 Å². The zero-order valence-corrected chi connectivity index (χ0v) is 13.3. The van der Waals surface area contributed by atoms with Crippen LogP contribution in [0.15, 0.2) is 36.5 Å². The third kappa shape index (κ3) is 3.84. The molecule has 2 N–H and O–H groups in total. The minimum Gasteiger partial charge on any atom is -0.384 e. The highest BCUT2D eigenvalue weighted by molar-refractivity contribution is 5.99. The average molecular weight is 318 g/mol. The maximum atomic E-state index is 12.9. The molecule has 0 spiro atoms. The molecule has 0 bridgehead atoms. The number of rotatable bonds is 5. The normalized spacial score (nSPS) is 13.4. The standard InChI is InChI=1S/C17H19FN2O3/c1-11(21)12-8-15(20(3)9-12)16(22)19-10-17(2,23)13-4-6-14(18)7-5-13/h4-9,23H,10H2,1-3H3,(H,19,22). The van der Waals surface area contributed by atoms with Crippen LogP contribution in [0.5, 0.6) is 0 Å². The summed E-state index contributed by atoms with van der Waals surface area (Å²) in [6.45, 7) is 2.92. The molecule has 0 saturated carbocycles. The van der Waals surface area contributed by atoms with Gasteiger partial charge in [-0.15, -0.1) is 0 Å². The number of halogens is 1. The van der Waals surface area contributed by atoms with Crippen LogP contribution in [-0.4, -0.2) is 27.9 Å². The molecule has 0 saturated heterocycles. The van der Waals surface area contributed by atoms with Crippen molar-refractivity contribution in [3.8, 4) is 0 Å². The van der Waals surface area contributed by atoms with E-state index in [4.69, 9.17) is 0 Å². The van der Waals surface area contributed by atoms with Gasteiger partial charge in [0.25, 0.3) is 5.91 Å². The van der Waals surface area contributed by atoms with E-state index < -0.39 is 17.3 Å². The van der Waals surface area contributed by atoms with Crippen molar-refractivity contribution in [3.63, 3.8) is 0 Å². The van der Waals surface area contributed by atoms with Crippen molar-refractivity contribution in [2.75, 3.05) is 6.54 Å². The van der Waals surface area contributed by atoms with Gasteiger partial charge in [0.1, 0.15) is 17.1 Å². The SMILES string of the molecule is CC(=O)c1cc(C(=O)NCC(C)(O)c2ccc(F)cc2)n(C)c1. The van der Waals surface area contributed by atoms with Gasteiger partial charge in [0, 0.05) is 18.8 Å². The Kier molecular flexibility index (Phi) is 4.65. The summed E-state index contributed by atoms with van der Waals surface area (Å²) >= 11 is 0. The molecule has 2 aromatic rings. The maximum absolute atomic E-state index is 12.9. The number of carbonyl (C=O) groups excluding carboxylic acids is 2. The molecule has 0 aliphatic carbocycles. The number of hydrogen-bond acceptors (Lipinski definition) is 3. The second kappa shape index (κ2) is 6.34. The van der Waals surface area contributed by atoms with Crippen molar-refractivity contribution >= 4 is 11.7 Å². The van der Waals surface area contributed by atoms with Gasteiger partial charge in [-0.2, -0.15) is 0 Å². The number of nitrogens with zero attached hydrogens (tertiary/aromatic N) is 1. The highest BCUT2D eigenvalue weighted by Crippen LogP contribution is 2.20. The first-order valence-electron chi connectivity index (χ1n) is 7.14. The largest absolute Gasteiger partial charge is 0.384 e. The lowest BCUT2D eigenvalue weighted by molar-refractivity contribution is 0.0523. The van der Waals surface area contributed by atoms with Gasteiger partial charge in [0.2, 0.25) is 0 Å². The smallest absolute Gasteiger partial charge is 0.268 e. The predicted octanol–water partition coefficient (Wildman–Crippen LogP) is 2.00. The molecule has 0 aliphatic rings. The van der Waals surface area contributed by atoms with Gasteiger partial charge in [0.15, 0.2) is 5.78 Å². The van der Waals surface area contributed by atoms with Gasteiger partial charge in [-0.3, -0.25) is 9.59 Å². The Bertz CT molecular complexity index is 733. The number of aromatic nitrogens is 1. The molecule has 1 unspecified atom stereocenters. The van der Waals surface area contributed by atoms with Crippen LogP contribution in [0, 0.1) is 5.82 Å². The maximum Gasteiger partial charge on any atom is 0.268 e. The molecule has 5 nitrogen and oxygen atoms in total. The minimum absolute atomic E-state index is 0.0436. The highest BCUT2D eigenvalue weighted by Gasteiger charge is 2.25. The molecule has 122 valence electrons. The van der Waals surface area contributed by atoms with Gasteiger partial charge in [0.05, 0.1) is 6.54 Å². The van der Waals surface area contributed by atoms with Crippen LogP contribution in [-0.2, 0) is 12.6 Å². The van der Waals surface area contributed by atoms with E-state index in [0.29, 0.717) is 16.8 Å². The van der Waals surface area contributed by atoms with Crippen LogP contribution in [0.1, 0.15) is 40.3 Å². The fourth-order valence-electron chi connectivity index (χ4n) is 2.24. The van der Waals surface area contributed by atoms with Crippen molar-refractivity contribution in [1.29, 1.82) is 0 Å². The van der Waals surface area contributed by atoms with Gasteiger partial charge in [-0.1, -0.05) is 12.1 Å². The van der Waals surface area contributed by atoms with Crippen molar-refractivity contribution in [2.24, 2.45) is 7.05 Å². The average Bonchev–Trinajstić information content (AvgIpc) is 2.88. The highest BCUT2D eigenvalue weighted by atomic mass is 19.1. The molecule has 2 rings (SSSR count). The Labute approximate surface area is 133 Å². The number of aliphatic hydroxyl groups is 1. The van der Waals surface area contributed by atoms with E-state index in [9.17, 15) is 19.1 Å². The summed E-state index contributed by atoms with van der Waals surface area (Å²) in [4.78, 5) is 23.6. The van der Waals surface area contributed by atoms with E-state index >= 15 is 0 Å². The summed E-state index contributed by atoms with van der Waals surface area (Å²) in [6.07, 6.45) is 1.58. The molecular formula is C17H19FN2O3. The van der Waals surface area contributed by atoms with Gasteiger partial charge in [-0.25, -0.2) is 4.39 Å². The lowest BCUT2D eigenvalue weighted by Gasteiger charge is -2.24. The van der Waals surface area contributed by atoms with E-state index in [1.165, 1.54) is 44.2 Å². The van der Waals surface area contributed by atoms with E-state index in [-0.39, 0.29) is 12.3 Å². The lowest BCUT2D eigenvalue weighted by atomic mass is 9.96. The summed E-state index contributed by atoms with van der Waals surface area (Å²) in [5.41, 5.74) is -0.0682. The monoisotopic (exact) mass is 318 g/mol. The van der Waals surface area contributed by atoms with E-state index in [0.717, 1.165) is 0 Å². The molecule has 0 radical (unpaired) electrons. The second-order valence-corrected chi connectivity index (χ2v) is 5.74. The molecule has 1 amide bonds. The number of carbonyl (C=O) groups is 2. The quantitative estimate of drug-likeness (QED) is 0.828. The van der Waals surface area contributed by atoms with Crippen LogP contribution in [0.3, 0.4) is 0 Å². The van der Waals surface area contributed by atoms with Gasteiger partial charge in [-0.05, 0) is 37.6 Å². The van der Waals surface area contributed by atoms with Crippen molar-refractivity contribution in [3.05, 3.63) is 59.2 Å².